The monoisotopic (exact) mass is 532 g/mol. The van der Waals surface area contributed by atoms with E-state index in [4.69, 9.17) is 11.2 Å². The first-order chi connectivity index (χ1) is 14.5. The number of nitrogens with zero attached hydrogens (tertiary/aromatic N) is 2. The zero-order valence-corrected chi connectivity index (χ0v) is 20.3. The number of halogens is 1. The van der Waals surface area contributed by atoms with Gasteiger partial charge in [0.1, 0.15) is 5.75 Å². The van der Waals surface area contributed by atoms with Gasteiger partial charge in [-0.3, -0.25) is 4.79 Å². The molecule has 3 rings (SSSR count). The second-order valence-electron chi connectivity index (χ2n) is 7.35. The highest BCUT2D eigenvalue weighted by Gasteiger charge is 2.21. The van der Waals surface area contributed by atoms with E-state index in [9.17, 15) is 4.79 Å². The number of carbonyl (C=O) groups is 1. The molecule has 1 heterocycles. The molecule has 1 aliphatic heterocycles. The van der Waals surface area contributed by atoms with Crippen molar-refractivity contribution in [3.8, 4) is 18.1 Å². The first-order valence-corrected chi connectivity index (χ1v) is 10.2. The van der Waals surface area contributed by atoms with Gasteiger partial charge in [-0.25, -0.2) is 4.99 Å². The minimum Gasteiger partial charge on any atom is -0.491 e. The number of hydrogen-bond acceptors (Lipinski definition) is 3. The molecule has 0 unspecified atom stereocenters. The molecule has 0 saturated carbocycles. The molecule has 0 aromatic heterocycles. The van der Waals surface area contributed by atoms with E-state index >= 15 is 0 Å². The smallest absolute Gasteiger partial charge is 0.227 e. The van der Waals surface area contributed by atoms with Crippen LogP contribution in [0.3, 0.4) is 0 Å². The molecule has 2 aromatic carbocycles. The second kappa shape index (κ2) is 12.2. The summed E-state index contributed by atoms with van der Waals surface area (Å²) in [7, 11) is 0. The summed E-state index contributed by atoms with van der Waals surface area (Å²) < 4.78 is 5.67. The van der Waals surface area contributed by atoms with Crippen LogP contribution in [0.5, 0.6) is 5.75 Å². The third-order valence-electron chi connectivity index (χ3n) is 4.59. The fourth-order valence-corrected chi connectivity index (χ4v) is 3.17. The summed E-state index contributed by atoms with van der Waals surface area (Å²) in [5.74, 6) is 4.18. The van der Waals surface area contributed by atoms with Crippen molar-refractivity contribution >= 4 is 47.2 Å². The molecule has 164 valence electrons. The van der Waals surface area contributed by atoms with Crippen molar-refractivity contribution in [2.75, 3.05) is 23.3 Å². The summed E-state index contributed by atoms with van der Waals surface area (Å²) in [6, 6.07) is 15.7. The van der Waals surface area contributed by atoms with Crippen molar-refractivity contribution < 1.29 is 9.53 Å². The van der Waals surface area contributed by atoms with E-state index in [1.54, 1.807) is 0 Å². The van der Waals surface area contributed by atoms with Crippen LogP contribution in [-0.2, 0) is 11.3 Å². The van der Waals surface area contributed by atoms with Crippen LogP contribution in [-0.4, -0.2) is 31.1 Å². The number of guanidine groups is 1. The number of hydrogen-bond donors (Lipinski definition) is 2. The third kappa shape index (κ3) is 7.47. The van der Waals surface area contributed by atoms with E-state index < -0.39 is 0 Å². The molecule has 0 bridgehead atoms. The Balaban J connectivity index is 0.00000341. The zero-order chi connectivity index (χ0) is 21.3. The molecule has 6 nitrogen and oxygen atoms in total. The molecule has 1 aliphatic rings. The fraction of sp³-hybridized carbons (Fsp3) is 0.333. The highest BCUT2D eigenvalue weighted by molar-refractivity contribution is 14.0. The van der Waals surface area contributed by atoms with Crippen molar-refractivity contribution in [2.45, 2.75) is 39.3 Å². The lowest BCUT2D eigenvalue weighted by atomic mass is 10.2. The highest BCUT2D eigenvalue weighted by Crippen LogP contribution is 2.22. The van der Waals surface area contributed by atoms with Crippen molar-refractivity contribution in [1.29, 1.82) is 0 Å². The van der Waals surface area contributed by atoms with Gasteiger partial charge in [0.15, 0.2) is 5.96 Å². The second-order valence-corrected chi connectivity index (χ2v) is 7.35. The van der Waals surface area contributed by atoms with E-state index in [1.807, 2.05) is 67.3 Å². The zero-order valence-electron chi connectivity index (χ0n) is 17.9. The van der Waals surface area contributed by atoms with Gasteiger partial charge in [-0.1, -0.05) is 18.1 Å². The molecule has 0 radical (unpaired) electrons. The number of terminal acetylenes is 1. The van der Waals surface area contributed by atoms with E-state index in [0.717, 1.165) is 35.7 Å². The number of carbonyl (C=O) groups excluding carboxylic acids is 1. The maximum atomic E-state index is 11.9. The molecular weight excluding hydrogens is 503 g/mol. The largest absolute Gasteiger partial charge is 0.491 e. The maximum absolute atomic E-state index is 11.9. The number of ether oxygens (including phenoxy) is 1. The Kier molecular flexibility index (Phi) is 9.66. The van der Waals surface area contributed by atoms with Crippen molar-refractivity contribution in [3.63, 3.8) is 0 Å². The summed E-state index contributed by atoms with van der Waals surface area (Å²) in [6.45, 7) is 5.65. The molecule has 1 saturated heterocycles. The lowest BCUT2D eigenvalue weighted by Gasteiger charge is -2.16. The lowest BCUT2D eigenvalue weighted by Crippen LogP contribution is -2.31. The van der Waals surface area contributed by atoms with Gasteiger partial charge in [0.2, 0.25) is 5.91 Å². The molecular formula is C24H29IN4O2. The topological polar surface area (TPSA) is 66.0 Å². The summed E-state index contributed by atoms with van der Waals surface area (Å²) in [6.07, 6.45) is 7.07. The van der Waals surface area contributed by atoms with Gasteiger partial charge < -0.3 is 20.3 Å². The summed E-state index contributed by atoms with van der Waals surface area (Å²) >= 11 is 0. The molecule has 2 N–H and O–H groups in total. The number of aliphatic imine (C=N–C) groups is 1. The van der Waals surface area contributed by atoms with Gasteiger partial charge >= 0.3 is 0 Å². The van der Waals surface area contributed by atoms with Gasteiger partial charge in [0.05, 0.1) is 19.2 Å². The summed E-state index contributed by atoms with van der Waals surface area (Å²) in [5, 5.41) is 6.38. The predicted octanol–water partition coefficient (Wildman–Crippen LogP) is 4.41. The predicted molar refractivity (Wildman–Crippen MR) is 137 cm³/mol. The number of benzene rings is 2. The molecule has 1 amide bonds. The summed E-state index contributed by atoms with van der Waals surface area (Å²) in [4.78, 5) is 18.3. The number of nitrogens with one attached hydrogen (secondary N) is 2. The van der Waals surface area contributed by atoms with Crippen LogP contribution < -0.4 is 20.3 Å². The van der Waals surface area contributed by atoms with E-state index in [1.165, 1.54) is 0 Å². The van der Waals surface area contributed by atoms with E-state index in [2.05, 4.69) is 21.5 Å². The number of amides is 1. The molecule has 7 heteroatoms. The maximum Gasteiger partial charge on any atom is 0.227 e. The van der Waals surface area contributed by atoms with Gasteiger partial charge in [-0.15, -0.1) is 30.4 Å². The normalized spacial score (nSPS) is 13.5. The van der Waals surface area contributed by atoms with Crippen LogP contribution in [0.1, 0.15) is 32.3 Å². The quantitative estimate of drug-likeness (QED) is 0.240. The van der Waals surface area contributed by atoms with Crippen molar-refractivity contribution in [1.82, 2.24) is 5.32 Å². The SMILES string of the molecule is C#CCNC(=NCc1ccc(N2CCCC2=O)cc1)Nc1ccc(OC(C)C)cc1.I. The standard InChI is InChI=1S/C24H28N4O2.HI/c1-4-15-25-24(27-20-9-13-22(14-10-20)30-18(2)3)26-17-19-7-11-21(12-8-19)28-16-5-6-23(28)29;/h1,7-14,18H,5-6,15-17H2,2-3H3,(H2,25,26,27);1H. The molecule has 31 heavy (non-hydrogen) atoms. The number of anilines is 2. The first kappa shape index (κ1) is 24.5. The van der Waals surface area contributed by atoms with Crippen LogP contribution in [0.15, 0.2) is 53.5 Å². The van der Waals surface area contributed by atoms with Crippen LogP contribution in [0.4, 0.5) is 11.4 Å². The van der Waals surface area contributed by atoms with E-state index in [-0.39, 0.29) is 36.0 Å². The fourth-order valence-electron chi connectivity index (χ4n) is 3.17. The Morgan fingerprint density at radius 2 is 1.90 bits per heavy atom. The first-order valence-electron chi connectivity index (χ1n) is 10.2. The van der Waals surface area contributed by atoms with Crippen LogP contribution >= 0.6 is 24.0 Å². The number of rotatable bonds is 7. The Morgan fingerprint density at radius 1 is 1.19 bits per heavy atom. The average molecular weight is 532 g/mol. The van der Waals surface area contributed by atoms with Crippen LogP contribution in [0, 0.1) is 12.3 Å². The highest BCUT2D eigenvalue weighted by atomic mass is 127. The molecule has 1 fully saturated rings. The summed E-state index contributed by atoms with van der Waals surface area (Å²) in [5.41, 5.74) is 2.88. The van der Waals surface area contributed by atoms with Gasteiger partial charge in [0, 0.05) is 24.3 Å². The van der Waals surface area contributed by atoms with Crippen LogP contribution in [0.2, 0.25) is 0 Å². The molecule has 2 aromatic rings. The van der Waals surface area contributed by atoms with Gasteiger partial charge in [-0.2, -0.15) is 0 Å². The van der Waals surface area contributed by atoms with Crippen molar-refractivity contribution in [2.24, 2.45) is 4.99 Å². The van der Waals surface area contributed by atoms with Gasteiger partial charge in [-0.05, 0) is 62.2 Å². The van der Waals surface area contributed by atoms with Crippen molar-refractivity contribution in [3.05, 3.63) is 54.1 Å². The van der Waals surface area contributed by atoms with Crippen LogP contribution in [0.25, 0.3) is 0 Å². The minimum absolute atomic E-state index is 0. The Hall–Kier alpha value is -2.73. The Bertz CT molecular complexity index is 918. The Labute approximate surface area is 201 Å². The minimum atomic E-state index is 0. The average Bonchev–Trinajstić information content (AvgIpc) is 3.17. The molecule has 0 atom stereocenters. The van der Waals surface area contributed by atoms with Gasteiger partial charge in [0.25, 0.3) is 0 Å². The third-order valence-corrected chi connectivity index (χ3v) is 4.59. The molecule has 0 aliphatic carbocycles. The van der Waals surface area contributed by atoms with E-state index in [0.29, 0.717) is 25.5 Å². The molecule has 0 spiro atoms. The Morgan fingerprint density at radius 3 is 2.48 bits per heavy atom. The lowest BCUT2D eigenvalue weighted by molar-refractivity contribution is -0.117.